The smallest absolute Gasteiger partial charge is 0.326 e. The van der Waals surface area contributed by atoms with Gasteiger partial charge in [0.2, 0.25) is 10.0 Å². The molecule has 0 saturated heterocycles. The van der Waals surface area contributed by atoms with Crippen molar-refractivity contribution in [3.8, 4) is 0 Å². The molecule has 0 aromatic heterocycles. The van der Waals surface area contributed by atoms with Gasteiger partial charge in [-0.2, -0.15) is 0 Å². The highest BCUT2D eigenvalue weighted by molar-refractivity contribution is 7.89. The van der Waals surface area contributed by atoms with Crippen molar-refractivity contribution in [2.24, 2.45) is 21.6 Å². The minimum absolute atomic E-state index is 0.00803. The van der Waals surface area contributed by atoms with Crippen molar-refractivity contribution in [3.63, 3.8) is 0 Å². The predicted octanol–water partition coefficient (Wildman–Crippen LogP) is -1.20. The maximum Gasteiger partial charge on any atom is 0.326 e. The van der Waals surface area contributed by atoms with Gasteiger partial charge in [-0.15, -0.1) is 0 Å². The molecule has 0 aliphatic heterocycles. The Balaban J connectivity index is 2.50. The third-order valence-electron chi connectivity index (χ3n) is 3.25. The Morgan fingerprint density at radius 2 is 1.88 bits per heavy atom. The SMILES string of the molecule is NC(N)=NCCCC(NC(=S)NCc1ccc(S(N)(=O)=O)cc1)C(=O)O. The summed E-state index contributed by atoms with van der Waals surface area (Å²) in [6, 6.07) is 5.05. The lowest BCUT2D eigenvalue weighted by Gasteiger charge is -2.17. The molecule has 0 aliphatic rings. The Morgan fingerprint density at radius 3 is 2.38 bits per heavy atom. The van der Waals surface area contributed by atoms with Gasteiger partial charge in [-0.1, -0.05) is 12.1 Å². The van der Waals surface area contributed by atoms with Crippen LogP contribution in [0.25, 0.3) is 0 Å². The number of nitrogens with zero attached hydrogens (tertiary/aromatic N) is 1. The Bertz CT molecular complexity index is 760. The highest BCUT2D eigenvalue weighted by Gasteiger charge is 2.17. The van der Waals surface area contributed by atoms with Crippen LogP contribution in [-0.4, -0.2) is 43.2 Å². The summed E-state index contributed by atoms with van der Waals surface area (Å²) in [4.78, 5) is 15.1. The molecule has 0 bridgehead atoms. The second-order valence-electron chi connectivity index (χ2n) is 5.36. The zero-order valence-corrected chi connectivity index (χ0v) is 15.5. The monoisotopic (exact) mass is 402 g/mol. The van der Waals surface area contributed by atoms with Crippen LogP contribution >= 0.6 is 12.2 Å². The first-order chi connectivity index (χ1) is 12.1. The minimum Gasteiger partial charge on any atom is -0.480 e. The largest absolute Gasteiger partial charge is 0.480 e. The summed E-state index contributed by atoms with van der Waals surface area (Å²) in [7, 11) is -3.74. The Labute approximate surface area is 156 Å². The molecular weight excluding hydrogens is 380 g/mol. The van der Waals surface area contributed by atoms with E-state index in [4.69, 9.17) is 28.8 Å². The zero-order valence-electron chi connectivity index (χ0n) is 13.9. The number of carboxylic acid groups (broad SMARTS) is 1. The van der Waals surface area contributed by atoms with Crippen molar-refractivity contribution in [3.05, 3.63) is 29.8 Å². The molecule has 144 valence electrons. The van der Waals surface area contributed by atoms with E-state index in [9.17, 15) is 18.3 Å². The fraction of sp³-hybridized carbons (Fsp3) is 0.357. The van der Waals surface area contributed by atoms with Crippen LogP contribution in [0.3, 0.4) is 0 Å². The number of benzene rings is 1. The number of aliphatic carboxylic acids is 1. The number of hydrogen-bond donors (Lipinski definition) is 6. The first-order valence-corrected chi connectivity index (χ1v) is 9.49. The molecule has 9 N–H and O–H groups in total. The van der Waals surface area contributed by atoms with Crippen molar-refractivity contribution in [1.29, 1.82) is 0 Å². The summed E-state index contributed by atoms with van der Waals surface area (Å²) in [5.74, 6) is -1.09. The molecule has 1 aromatic carbocycles. The van der Waals surface area contributed by atoms with Gasteiger partial charge in [0.25, 0.3) is 0 Å². The minimum atomic E-state index is -3.74. The second-order valence-corrected chi connectivity index (χ2v) is 7.33. The summed E-state index contributed by atoms with van der Waals surface area (Å²) < 4.78 is 22.4. The maximum atomic E-state index is 11.3. The van der Waals surface area contributed by atoms with Crippen LogP contribution in [-0.2, 0) is 21.4 Å². The Morgan fingerprint density at radius 1 is 1.27 bits per heavy atom. The van der Waals surface area contributed by atoms with Gasteiger partial charge in [0.1, 0.15) is 6.04 Å². The van der Waals surface area contributed by atoms with Crippen molar-refractivity contribution in [2.45, 2.75) is 30.3 Å². The predicted molar refractivity (Wildman–Crippen MR) is 102 cm³/mol. The molecule has 0 amide bonds. The average Bonchev–Trinajstić information content (AvgIpc) is 2.54. The lowest BCUT2D eigenvalue weighted by atomic mass is 10.1. The normalized spacial score (nSPS) is 12.0. The molecular formula is C14H22N6O4S2. The van der Waals surface area contributed by atoms with E-state index < -0.39 is 22.0 Å². The van der Waals surface area contributed by atoms with Crippen molar-refractivity contribution < 1.29 is 18.3 Å². The average molecular weight is 403 g/mol. The molecule has 0 fully saturated rings. The topological polar surface area (TPSA) is 186 Å². The standard InChI is InChI=1S/C14H22N6O4S2/c15-13(16)18-7-1-2-11(12(21)22)20-14(25)19-8-9-3-5-10(6-4-9)26(17,23)24/h3-6,11H,1-2,7-8H2,(H,21,22)(H4,15,16,18)(H2,17,23,24)(H2,19,20,25). The molecule has 1 aromatic rings. The van der Waals surface area contributed by atoms with Gasteiger partial charge in [-0.25, -0.2) is 18.4 Å². The molecule has 10 nitrogen and oxygen atoms in total. The van der Waals surface area contributed by atoms with E-state index in [0.717, 1.165) is 5.56 Å². The van der Waals surface area contributed by atoms with Gasteiger partial charge in [0.05, 0.1) is 4.90 Å². The lowest BCUT2D eigenvalue weighted by Crippen LogP contribution is -2.45. The molecule has 1 rings (SSSR count). The highest BCUT2D eigenvalue weighted by atomic mass is 32.2. The van der Waals surface area contributed by atoms with Gasteiger partial charge < -0.3 is 27.2 Å². The number of primary sulfonamides is 1. The van der Waals surface area contributed by atoms with Crippen molar-refractivity contribution >= 4 is 39.3 Å². The lowest BCUT2D eigenvalue weighted by molar-refractivity contribution is -0.139. The fourth-order valence-electron chi connectivity index (χ4n) is 1.95. The van der Waals surface area contributed by atoms with E-state index in [1.165, 1.54) is 12.1 Å². The van der Waals surface area contributed by atoms with Gasteiger partial charge >= 0.3 is 5.97 Å². The van der Waals surface area contributed by atoms with E-state index >= 15 is 0 Å². The Hall–Kier alpha value is -2.44. The van der Waals surface area contributed by atoms with Gasteiger partial charge in [-0.05, 0) is 42.8 Å². The summed E-state index contributed by atoms with van der Waals surface area (Å²) in [6.45, 7) is 0.613. The molecule has 1 unspecified atom stereocenters. The van der Waals surface area contributed by atoms with Crippen molar-refractivity contribution in [2.75, 3.05) is 6.54 Å². The second kappa shape index (κ2) is 9.89. The summed E-state index contributed by atoms with van der Waals surface area (Å²) in [5, 5.41) is 20.0. The number of sulfonamides is 1. The fourth-order valence-corrected chi connectivity index (χ4v) is 2.68. The van der Waals surface area contributed by atoms with Crippen LogP contribution in [0.15, 0.2) is 34.2 Å². The summed E-state index contributed by atoms with van der Waals surface area (Å²) in [6.07, 6.45) is 0.760. The van der Waals surface area contributed by atoms with Gasteiger partial charge in [0, 0.05) is 13.1 Å². The molecule has 0 heterocycles. The third-order valence-corrected chi connectivity index (χ3v) is 4.45. The van der Waals surface area contributed by atoms with Gasteiger partial charge in [0.15, 0.2) is 11.1 Å². The highest BCUT2D eigenvalue weighted by Crippen LogP contribution is 2.08. The number of carboxylic acids is 1. The number of nitrogens with two attached hydrogens (primary N) is 3. The van der Waals surface area contributed by atoms with Crippen LogP contribution in [0.4, 0.5) is 0 Å². The maximum absolute atomic E-state index is 11.3. The number of nitrogens with one attached hydrogen (secondary N) is 2. The van der Waals surface area contributed by atoms with Crippen LogP contribution in [0.5, 0.6) is 0 Å². The van der Waals surface area contributed by atoms with E-state index in [0.29, 0.717) is 13.0 Å². The first-order valence-electron chi connectivity index (χ1n) is 7.54. The number of guanidine groups is 1. The molecule has 12 heteroatoms. The Kier molecular flexibility index (Phi) is 8.22. The van der Waals surface area contributed by atoms with E-state index in [-0.39, 0.29) is 28.9 Å². The number of carbonyl (C=O) groups is 1. The van der Waals surface area contributed by atoms with Crippen LogP contribution in [0.2, 0.25) is 0 Å². The molecule has 26 heavy (non-hydrogen) atoms. The van der Waals surface area contributed by atoms with Crippen LogP contribution < -0.4 is 27.2 Å². The number of rotatable bonds is 9. The van der Waals surface area contributed by atoms with Gasteiger partial charge in [-0.3, -0.25) is 4.99 Å². The molecule has 0 spiro atoms. The van der Waals surface area contributed by atoms with E-state index in [2.05, 4.69) is 15.6 Å². The molecule has 0 radical (unpaired) electrons. The molecule has 0 saturated carbocycles. The summed E-state index contributed by atoms with van der Waals surface area (Å²) >= 11 is 5.09. The van der Waals surface area contributed by atoms with E-state index in [1.807, 2.05) is 0 Å². The van der Waals surface area contributed by atoms with Crippen LogP contribution in [0, 0.1) is 0 Å². The summed E-state index contributed by atoms with van der Waals surface area (Å²) in [5.41, 5.74) is 11.2. The van der Waals surface area contributed by atoms with E-state index in [1.54, 1.807) is 12.1 Å². The number of thiocarbonyl (C=S) groups is 1. The van der Waals surface area contributed by atoms with Crippen LogP contribution in [0.1, 0.15) is 18.4 Å². The molecule has 0 aliphatic carbocycles. The van der Waals surface area contributed by atoms with Crippen molar-refractivity contribution in [1.82, 2.24) is 10.6 Å². The first kappa shape index (κ1) is 21.6. The number of hydrogen-bond acceptors (Lipinski definition) is 5. The zero-order chi connectivity index (χ0) is 19.7. The quantitative estimate of drug-likeness (QED) is 0.128. The number of aliphatic imine (C=N–C) groups is 1. The molecule has 1 atom stereocenters. The third kappa shape index (κ3) is 8.09.